The number of nitro benzene ring substituents is 1. The van der Waals surface area contributed by atoms with Gasteiger partial charge in [0.15, 0.2) is 0 Å². The molecule has 0 aliphatic carbocycles. The highest BCUT2D eigenvalue weighted by atomic mass is 16.6. The van der Waals surface area contributed by atoms with Crippen LogP contribution in [0.25, 0.3) is 6.08 Å². The molecule has 0 spiro atoms. The van der Waals surface area contributed by atoms with Gasteiger partial charge in [0.2, 0.25) is 5.91 Å². The molecule has 0 heterocycles. The maximum absolute atomic E-state index is 11.8. The summed E-state index contributed by atoms with van der Waals surface area (Å²) in [6.45, 7) is 2.03. The number of aliphatic hydroxyl groups is 1. The Morgan fingerprint density at radius 2 is 1.96 bits per heavy atom. The summed E-state index contributed by atoms with van der Waals surface area (Å²) in [5, 5.41) is 23.0. The number of hydrogen-bond acceptors (Lipinski definition) is 5. The molecule has 136 valence electrons. The van der Waals surface area contributed by atoms with Gasteiger partial charge in [-0.25, -0.2) is 0 Å². The van der Waals surface area contributed by atoms with Crippen molar-refractivity contribution in [2.24, 2.45) is 0 Å². The molecule has 1 unspecified atom stereocenters. The molecule has 2 aromatic carbocycles. The molecule has 2 rings (SSSR count). The lowest BCUT2D eigenvalue weighted by Gasteiger charge is -2.14. The van der Waals surface area contributed by atoms with E-state index >= 15 is 0 Å². The Kier molecular flexibility index (Phi) is 6.87. The lowest BCUT2D eigenvalue weighted by Crippen LogP contribution is -2.34. The Balaban J connectivity index is 1.75. The van der Waals surface area contributed by atoms with E-state index < -0.39 is 11.0 Å². The van der Waals surface area contributed by atoms with Crippen LogP contribution in [0.2, 0.25) is 0 Å². The van der Waals surface area contributed by atoms with Gasteiger partial charge in [0.05, 0.1) is 4.92 Å². The van der Waals surface area contributed by atoms with E-state index in [0.29, 0.717) is 11.3 Å². The Bertz CT molecular complexity index is 787. The molecule has 2 N–H and O–H groups in total. The average Bonchev–Trinajstić information content (AvgIpc) is 2.64. The largest absolute Gasteiger partial charge is 0.491 e. The van der Waals surface area contributed by atoms with Crippen molar-refractivity contribution in [1.29, 1.82) is 0 Å². The van der Waals surface area contributed by atoms with Crippen molar-refractivity contribution >= 4 is 17.7 Å². The first kappa shape index (κ1) is 19.1. The van der Waals surface area contributed by atoms with E-state index in [1.807, 2.05) is 31.2 Å². The minimum atomic E-state index is -0.841. The van der Waals surface area contributed by atoms with Crippen LogP contribution in [0.5, 0.6) is 5.75 Å². The number of nitrogens with zero attached hydrogens (tertiary/aromatic N) is 1. The highest BCUT2D eigenvalue weighted by Gasteiger charge is 2.08. The van der Waals surface area contributed by atoms with E-state index in [4.69, 9.17) is 4.74 Å². The van der Waals surface area contributed by atoms with E-state index in [-0.39, 0.29) is 24.7 Å². The minimum Gasteiger partial charge on any atom is -0.491 e. The number of para-hydroxylation sites is 1. The van der Waals surface area contributed by atoms with Crippen LogP contribution < -0.4 is 10.1 Å². The second kappa shape index (κ2) is 9.33. The molecule has 0 fully saturated rings. The van der Waals surface area contributed by atoms with Crippen LogP contribution in [0.1, 0.15) is 11.1 Å². The molecule has 1 atom stereocenters. The Morgan fingerprint density at radius 1 is 1.27 bits per heavy atom. The standard InChI is InChI=1S/C19H20N2O5/c1-14-4-2-3-5-18(14)26-13-17(22)12-20-19(23)11-8-15-6-9-16(10-7-15)21(24)25/h2-11,17,22H,12-13H2,1H3,(H,20,23)/b11-8+. The van der Waals surface area contributed by atoms with Crippen LogP contribution in [-0.2, 0) is 4.79 Å². The van der Waals surface area contributed by atoms with Gasteiger partial charge in [-0.2, -0.15) is 0 Å². The smallest absolute Gasteiger partial charge is 0.269 e. The van der Waals surface area contributed by atoms with Crippen molar-refractivity contribution < 1.29 is 19.6 Å². The molecule has 0 aromatic heterocycles. The third kappa shape index (κ3) is 6.03. The van der Waals surface area contributed by atoms with Gasteiger partial charge in [0.25, 0.3) is 5.69 Å². The van der Waals surface area contributed by atoms with Crippen molar-refractivity contribution in [1.82, 2.24) is 5.32 Å². The number of non-ortho nitro benzene ring substituents is 1. The van der Waals surface area contributed by atoms with Gasteiger partial charge in [-0.1, -0.05) is 18.2 Å². The number of aryl methyl sites for hydroxylation is 1. The fraction of sp³-hybridized carbons (Fsp3) is 0.211. The first-order valence-corrected chi connectivity index (χ1v) is 8.02. The summed E-state index contributed by atoms with van der Waals surface area (Å²) in [4.78, 5) is 21.9. The molecular weight excluding hydrogens is 336 g/mol. The van der Waals surface area contributed by atoms with Gasteiger partial charge in [-0.3, -0.25) is 14.9 Å². The van der Waals surface area contributed by atoms with E-state index in [1.54, 1.807) is 12.1 Å². The summed E-state index contributed by atoms with van der Waals surface area (Å²) in [5.74, 6) is 0.314. The molecule has 0 saturated heterocycles. The van der Waals surface area contributed by atoms with Crippen LogP contribution in [0, 0.1) is 17.0 Å². The quantitative estimate of drug-likeness (QED) is 0.430. The van der Waals surface area contributed by atoms with Crippen LogP contribution in [0.3, 0.4) is 0 Å². The van der Waals surface area contributed by atoms with E-state index in [9.17, 15) is 20.0 Å². The van der Waals surface area contributed by atoms with Gasteiger partial charge in [0.1, 0.15) is 18.5 Å². The van der Waals surface area contributed by atoms with Crippen molar-refractivity contribution in [3.8, 4) is 5.75 Å². The molecular formula is C19H20N2O5. The lowest BCUT2D eigenvalue weighted by molar-refractivity contribution is -0.384. The number of benzene rings is 2. The van der Waals surface area contributed by atoms with Gasteiger partial charge in [-0.05, 0) is 42.3 Å². The molecule has 0 aliphatic rings. The molecule has 0 saturated carbocycles. The molecule has 2 aromatic rings. The number of hydrogen-bond donors (Lipinski definition) is 2. The SMILES string of the molecule is Cc1ccccc1OCC(O)CNC(=O)/C=C/c1ccc([N+](=O)[O-])cc1. The third-order valence-electron chi connectivity index (χ3n) is 3.57. The van der Waals surface area contributed by atoms with Gasteiger partial charge < -0.3 is 15.2 Å². The first-order chi connectivity index (χ1) is 12.5. The van der Waals surface area contributed by atoms with E-state index in [2.05, 4.69) is 5.32 Å². The van der Waals surface area contributed by atoms with Crippen LogP contribution >= 0.6 is 0 Å². The number of ether oxygens (including phenoxy) is 1. The molecule has 0 bridgehead atoms. The van der Waals surface area contributed by atoms with Gasteiger partial charge in [-0.15, -0.1) is 0 Å². The summed E-state index contributed by atoms with van der Waals surface area (Å²) in [7, 11) is 0. The van der Waals surface area contributed by atoms with Crippen LogP contribution in [0.15, 0.2) is 54.6 Å². The maximum Gasteiger partial charge on any atom is 0.269 e. The van der Waals surface area contributed by atoms with Crippen LogP contribution in [-0.4, -0.2) is 35.2 Å². The second-order valence-corrected chi connectivity index (χ2v) is 5.66. The Hall–Kier alpha value is -3.19. The van der Waals surface area contributed by atoms with E-state index in [1.165, 1.54) is 24.3 Å². The summed E-state index contributed by atoms with van der Waals surface area (Å²) < 4.78 is 5.52. The van der Waals surface area contributed by atoms with Gasteiger partial charge >= 0.3 is 0 Å². The number of carbonyl (C=O) groups is 1. The highest BCUT2D eigenvalue weighted by molar-refractivity contribution is 5.91. The summed E-state index contributed by atoms with van der Waals surface area (Å²) in [6.07, 6.45) is 2.00. The van der Waals surface area contributed by atoms with Gasteiger partial charge in [0, 0.05) is 24.8 Å². The molecule has 7 heteroatoms. The zero-order valence-corrected chi connectivity index (χ0v) is 14.3. The fourth-order valence-corrected chi connectivity index (χ4v) is 2.12. The van der Waals surface area contributed by atoms with Crippen LogP contribution in [0.4, 0.5) is 5.69 Å². The molecule has 7 nitrogen and oxygen atoms in total. The van der Waals surface area contributed by atoms with Crippen molar-refractivity contribution in [2.75, 3.05) is 13.2 Å². The Morgan fingerprint density at radius 3 is 2.62 bits per heavy atom. The predicted molar refractivity (Wildman–Crippen MR) is 97.8 cm³/mol. The van der Waals surface area contributed by atoms with Crippen molar-refractivity contribution in [3.05, 3.63) is 75.8 Å². The average molecular weight is 356 g/mol. The Labute approximate surface area is 151 Å². The third-order valence-corrected chi connectivity index (χ3v) is 3.57. The number of nitro groups is 1. The highest BCUT2D eigenvalue weighted by Crippen LogP contribution is 2.16. The summed E-state index contributed by atoms with van der Waals surface area (Å²) >= 11 is 0. The number of nitrogens with one attached hydrogen (secondary N) is 1. The fourth-order valence-electron chi connectivity index (χ4n) is 2.12. The predicted octanol–water partition coefficient (Wildman–Crippen LogP) is 2.47. The first-order valence-electron chi connectivity index (χ1n) is 8.02. The molecule has 26 heavy (non-hydrogen) atoms. The topological polar surface area (TPSA) is 102 Å². The molecule has 1 amide bonds. The van der Waals surface area contributed by atoms with Crippen molar-refractivity contribution in [3.63, 3.8) is 0 Å². The number of carbonyl (C=O) groups excluding carboxylic acids is 1. The zero-order chi connectivity index (χ0) is 18.9. The molecule has 0 radical (unpaired) electrons. The number of rotatable bonds is 8. The van der Waals surface area contributed by atoms with E-state index in [0.717, 1.165) is 5.56 Å². The number of aliphatic hydroxyl groups excluding tert-OH is 1. The van der Waals surface area contributed by atoms with Crippen molar-refractivity contribution in [2.45, 2.75) is 13.0 Å². The second-order valence-electron chi connectivity index (χ2n) is 5.66. The monoisotopic (exact) mass is 356 g/mol. The minimum absolute atomic E-state index is 0.0108. The summed E-state index contributed by atoms with van der Waals surface area (Å²) in [6, 6.07) is 13.3. The molecule has 0 aliphatic heterocycles. The normalized spacial score (nSPS) is 11.9. The lowest BCUT2D eigenvalue weighted by atomic mass is 10.2. The number of amides is 1. The zero-order valence-electron chi connectivity index (χ0n) is 14.3. The summed E-state index contributed by atoms with van der Waals surface area (Å²) in [5.41, 5.74) is 1.62. The maximum atomic E-state index is 11.8.